The molecular formula is C14H17NO5. The van der Waals surface area contributed by atoms with Crippen molar-refractivity contribution in [1.29, 1.82) is 0 Å². The molecule has 0 bridgehead atoms. The van der Waals surface area contributed by atoms with E-state index in [0.29, 0.717) is 11.4 Å². The van der Waals surface area contributed by atoms with E-state index in [9.17, 15) is 9.59 Å². The van der Waals surface area contributed by atoms with E-state index >= 15 is 0 Å². The molecule has 20 heavy (non-hydrogen) atoms. The van der Waals surface area contributed by atoms with Gasteiger partial charge in [-0.05, 0) is 32.9 Å². The highest BCUT2D eigenvalue weighted by atomic mass is 16.6. The highest BCUT2D eigenvalue weighted by Gasteiger charge is 2.35. The molecule has 0 fully saturated rings. The lowest BCUT2D eigenvalue weighted by molar-refractivity contribution is -0.144. The van der Waals surface area contributed by atoms with Gasteiger partial charge in [-0.25, -0.2) is 9.59 Å². The van der Waals surface area contributed by atoms with Crippen molar-refractivity contribution in [2.24, 2.45) is 0 Å². The second kappa shape index (κ2) is 5.03. The van der Waals surface area contributed by atoms with Crippen LogP contribution in [0.5, 0.6) is 5.75 Å². The fraction of sp³-hybridized carbons (Fsp3) is 0.429. The van der Waals surface area contributed by atoms with Crippen LogP contribution < -0.4 is 9.64 Å². The lowest BCUT2D eigenvalue weighted by Crippen LogP contribution is -2.48. The molecule has 1 aliphatic rings. The molecule has 0 aromatic heterocycles. The molecule has 6 heteroatoms. The van der Waals surface area contributed by atoms with Gasteiger partial charge in [0, 0.05) is 0 Å². The van der Waals surface area contributed by atoms with Gasteiger partial charge in [-0.15, -0.1) is 0 Å². The van der Waals surface area contributed by atoms with Gasteiger partial charge >= 0.3 is 12.1 Å². The van der Waals surface area contributed by atoms with Gasteiger partial charge in [0.15, 0.2) is 0 Å². The number of carbonyl (C=O) groups is 2. The molecular weight excluding hydrogens is 262 g/mol. The first-order valence-electron chi connectivity index (χ1n) is 6.27. The lowest BCUT2D eigenvalue weighted by atomic mass is 10.2. The number of amides is 1. The minimum absolute atomic E-state index is 0.0821. The zero-order valence-corrected chi connectivity index (χ0v) is 11.6. The first-order valence-corrected chi connectivity index (χ1v) is 6.27. The summed E-state index contributed by atoms with van der Waals surface area (Å²) in [5.41, 5.74) is -0.137. The molecule has 0 aliphatic carbocycles. The molecule has 2 rings (SSSR count). The highest BCUT2D eigenvalue weighted by molar-refractivity contribution is 5.92. The van der Waals surface area contributed by atoms with Gasteiger partial charge in [-0.3, -0.25) is 4.90 Å². The molecule has 0 unspecified atom stereocenters. The monoisotopic (exact) mass is 279 g/mol. The number of nitrogens with zero attached hydrogens (tertiary/aromatic N) is 1. The van der Waals surface area contributed by atoms with Crippen LogP contribution >= 0.6 is 0 Å². The zero-order chi connectivity index (χ0) is 14.9. The van der Waals surface area contributed by atoms with Crippen molar-refractivity contribution in [3.8, 4) is 5.75 Å². The van der Waals surface area contributed by atoms with Crippen LogP contribution in [0, 0.1) is 0 Å². The van der Waals surface area contributed by atoms with E-state index in [0.717, 1.165) is 0 Å². The van der Waals surface area contributed by atoms with Crippen LogP contribution in [0.1, 0.15) is 20.8 Å². The van der Waals surface area contributed by atoms with E-state index in [1.807, 2.05) is 0 Å². The Kier molecular flexibility index (Phi) is 3.57. The number of aliphatic carboxylic acids is 1. The number of anilines is 1. The Morgan fingerprint density at radius 1 is 1.35 bits per heavy atom. The average Bonchev–Trinajstić information content (AvgIpc) is 2.35. The maximum Gasteiger partial charge on any atom is 0.415 e. The molecule has 6 nitrogen and oxygen atoms in total. The van der Waals surface area contributed by atoms with E-state index < -0.39 is 23.8 Å². The predicted molar refractivity (Wildman–Crippen MR) is 72.1 cm³/mol. The number of ether oxygens (including phenoxy) is 2. The van der Waals surface area contributed by atoms with Crippen molar-refractivity contribution in [3.63, 3.8) is 0 Å². The normalized spacial score (nSPS) is 17.9. The van der Waals surface area contributed by atoms with Crippen LogP contribution in [-0.2, 0) is 9.53 Å². The van der Waals surface area contributed by atoms with Crippen molar-refractivity contribution >= 4 is 17.7 Å². The fourth-order valence-corrected chi connectivity index (χ4v) is 1.85. The second-order valence-electron chi connectivity index (χ2n) is 5.50. The molecule has 108 valence electrons. The smallest absolute Gasteiger partial charge is 0.415 e. The molecule has 1 heterocycles. The standard InChI is InChI=1S/C14H17NO5/c1-14(2,3)20-13(18)15-8-11(12(16)17)19-10-7-5-4-6-9(10)15/h4-7,11H,8H2,1-3H3,(H,16,17)/t11-/m1/s1. The van der Waals surface area contributed by atoms with Crippen molar-refractivity contribution in [3.05, 3.63) is 24.3 Å². The number of benzene rings is 1. The van der Waals surface area contributed by atoms with E-state index in [4.69, 9.17) is 14.6 Å². The number of carboxylic acids is 1. The average molecular weight is 279 g/mol. The molecule has 1 aromatic carbocycles. The molecule has 0 saturated carbocycles. The summed E-state index contributed by atoms with van der Waals surface area (Å²) in [5.74, 6) is -0.759. The molecule has 1 amide bonds. The third-order valence-electron chi connectivity index (χ3n) is 2.66. The van der Waals surface area contributed by atoms with E-state index in [-0.39, 0.29) is 6.54 Å². The van der Waals surface area contributed by atoms with Crippen molar-refractivity contribution in [2.45, 2.75) is 32.5 Å². The minimum atomic E-state index is -1.12. The molecule has 0 spiro atoms. The van der Waals surface area contributed by atoms with E-state index in [1.165, 1.54) is 4.90 Å². The summed E-state index contributed by atoms with van der Waals surface area (Å²) in [5, 5.41) is 9.09. The van der Waals surface area contributed by atoms with Crippen LogP contribution in [-0.4, -0.2) is 35.4 Å². The van der Waals surface area contributed by atoms with Gasteiger partial charge in [0.1, 0.15) is 11.4 Å². The Morgan fingerprint density at radius 2 is 2.00 bits per heavy atom. The Balaban J connectivity index is 2.31. The van der Waals surface area contributed by atoms with Crippen molar-refractivity contribution in [2.75, 3.05) is 11.4 Å². The summed E-state index contributed by atoms with van der Waals surface area (Å²) >= 11 is 0. The Morgan fingerprint density at radius 3 is 2.60 bits per heavy atom. The molecule has 1 N–H and O–H groups in total. The maximum atomic E-state index is 12.2. The minimum Gasteiger partial charge on any atom is -0.478 e. The molecule has 1 atom stereocenters. The molecule has 0 saturated heterocycles. The van der Waals surface area contributed by atoms with Gasteiger partial charge < -0.3 is 14.6 Å². The lowest BCUT2D eigenvalue weighted by Gasteiger charge is -2.34. The van der Waals surface area contributed by atoms with Gasteiger partial charge in [0.2, 0.25) is 6.10 Å². The fourth-order valence-electron chi connectivity index (χ4n) is 1.85. The first-order chi connectivity index (χ1) is 9.28. The predicted octanol–water partition coefficient (Wildman–Crippen LogP) is 2.27. The Labute approximate surface area is 116 Å². The van der Waals surface area contributed by atoms with E-state index in [1.54, 1.807) is 45.0 Å². The third kappa shape index (κ3) is 3.01. The van der Waals surface area contributed by atoms with Crippen molar-refractivity contribution < 1.29 is 24.2 Å². The molecule has 0 radical (unpaired) electrons. The highest BCUT2D eigenvalue weighted by Crippen LogP contribution is 2.34. The van der Waals surface area contributed by atoms with Gasteiger partial charge in [-0.2, -0.15) is 0 Å². The van der Waals surface area contributed by atoms with Crippen LogP contribution in [0.25, 0.3) is 0 Å². The summed E-state index contributed by atoms with van der Waals surface area (Å²) in [6.07, 6.45) is -1.68. The van der Waals surface area contributed by atoms with Crippen LogP contribution in [0.2, 0.25) is 0 Å². The van der Waals surface area contributed by atoms with Gasteiger partial charge in [-0.1, -0.05) is 12.1 Å². The molecule has 1 aromatic rings. The van der Waals surface area contributed by atoms with Crippen LogP contribution in [0.3, 0.4) is 0 Å². The second-order valence-corrected chi connectivity index (χ2v) is 5.50. The number of fused-ring (bicyclic) bond motifs is 1. The Hall–Kier alpha value is -2.24. The first kappa shape index (κ1) is 14.2. The van der Waals surface area contributed by atoms with E-state index in [2.05, 4.69) is 0 Å². The summed E-state index contributed by atoms with van der Waals surface area (Å²) in [7, 11) is 0. The quantitative estimate of drug-likeness (QED) is 0.853. The number of rotatable bonds is 1. The summed E-state index contributed by atoms with van der Waals surface area (Å²) in [6, 6.07) is 6.79. The largest absolute Gasteiger partial charge is 0.478 e. The van der Waals surface area contributed by atoms with Crippen LogP contribution in [0.4, 0.5) is 10.5 Å². The summed E-state index contributed by atoms with van der Waals surface area (Å²) in [6.45, 7) is 5.19. The number of hydrogen-bond acceptors (Lipinski definition) is 4. The number of carbonyl (C=O) groups excluding carboxylic acids is 1. The topological polar surface area (TPSA) is 76.1 Å². The Bertz CT molecular complexity index is 535. The number of para-hydroxylation sites is 2. The third-order valence-corrected chi connectivity index (χ3v) is 2.66. The number of hydrogen-bond donors (Lipinski definition) is 1. The van der Waals surface area contributed by atoms with Gasteiger partial charge in [0.05, 0.1) is 12.2 Å². The maximum absolute atomic E-state index is 12.2. The molecule has 1 aliphatic heterocycles. The van der Waals surface area contributed by atoms with Crippen LogP contribution in [0.15, 0.2) is 24.3 Å². The summed E-state index contributed by atoms with van der Waals surface area (Å²) < 4.78 is 10.7. The number of carboxylic acid groups (broad SMARTS) is 1. The SMILES string of the molecule is CC(C)(C)OC(=O)N1C[C@H](C(=O)O)Oc2ccccc21. The van der Waals surface area contributed by atoms with Crippen molar-refractivity contribution in [1.82, 2.24) is 0 Å². The summed E-state index contributed by atoms with van der Waals surface area (Å²) in [4.78, 5) is 24.6. The van der Waals surface area contributed by atoms with Gasteiger partial charge in [0.25, 0.3) is 0 Å². The zero-order valence-electron chi connectivity index (χ0n) is 11.6.